The van der Waals surface area contributed by atoms with Crippen molar-refractivity contribution in [2.75, 3.05) is 0 Å². The number of fused-ring (bicyclic) bond motifs is 1. The van der Waals surface area contributed by atoms with Crippen molar-refractivity contribution in [1.29, 1.82) is 0 Å². The summed E-state index contributed by atoms with van der Waals surface area (Å²) in [5, 5.41) is 0.999. The average Bonchev–Trinajstić information content (AvgIpc) is 3.31. The Hall–Kier alpha value is -3.27. The Morgan fingerprint density at radius 1 is 0.931 bits per heavy atom. The zero-order valence-corrected chi connectivity index (χ0v) is 17.3. The molecule has 1 amide bonds. The van der Waals surface area contributed by atoms with Gasteiger partial charge in [-0.25, -0.2) is 0 Å². The molecule has 2 aromatic carbocycles. The van der Waals surface area contributed by atoms with Gasteiger partial charge in [-0.2, -0.15) is 0 Å². The van der Waals surface area contributed by atoms with Crippen LogP contribution in [0.2, 0.25) is 0 Å². The van der Waals surface area contributed by atoms with E-state index < -0.39 is 0 Å². The first-order valence-electron chi connectivity index (χ1n) is 9.80. The van der Waals surface area contributed by atoms with E-state index in [-0.39, 0.29) is 5.91 Å². The average molecular weight is 387 g/mol. The molecule has 0 saturated carbocycles. The van der Waals surface area contributed by atoms with Crippen molar-refractivity contribution in [1.82, 2.24) is 4.90 Å². The van der Waals surface area contributed by atoms with E-state index in [1.54, 1.807) is 11.2 Å². The molecule has 0 aliphatic rings. The Bertz CT molecular complexity index is 1150. The van der Waals surface area contributed by atoms with E-state index >= 15 is 0 Å². The van der Waals surface area contributed by atoms with Crippen LogP contribution in [0.25, 0.3) is 11.0 Å². The van der Waals surface area contributed by atoms with Gasteiger partial charge in [-0.3, -0.25) is 4.79 Å². The highest BCUT2D eigenvalue weighted by atomic mass is 16.3. The molecule has 148 valence electrons. The standard InChI is InChI=1S/C25H25NO3/c1-16-7-9-20(10-8-16)14-26(15-21-6-5-11-28-21)25(27)24-19(4)22-13-17(2)12-18(3)23(22)29-24/h5-13H,14-15H2,1-4H3. The first-order valence-corrected chi connectivity index (χ1v) is 9.80. The van der Waals surface area contributed by atoms with Crippen molar-refractivity contribution < 1.29 is 13.6 Å². The van der Waals surface area contributed by atoms with Gasteiger partial charge >= 0.3 is 0 Å². The molecule has 4 rings (SSSR count). The third-order valence-corrected chi connectivity index (χ3v) is 5.27. The van der Waals surface area contributed by atoms with Crippen LogP contribution >= 0.6 is 0 Å². The summed E-state index contributed by atoms with van der Waals surface area (Å²) in [5.41, 5.74) is 6.12. The van der Waals surface area contributed by atoms with Crippen LogP contribution in [-0.2, 0) is 13.1 Å². The van der Waals surface area contributed by atoms with Crippen molar-refractivity contribution in [3.8, 4) is 0 Å². The van der Waals surface area contributed by atoms with E-state index in [9.17, 15) is 4.79 Å². The molecule has 2 aromatic heterocycles. The molecule has 0 unspecified atom stereocenters. The molecule has 2 heterocycles. The highest BCUT2D eigenvalue weighted by Gasteiger charge is 2.25. The molecule has 0 atom stereocenters. The summed E-state index contributed by atoms with van der Waals surface area (Å²) in [6, 6.07) is 16.1. The summed E-state index contributed by atoms with van der Waals surface area (Å²) in [4.78, 5) is 15.3. The third-order valence-electron chi connectivity index (χ3n) is 5.27. The zero-order valence-electron chi connectivity index (χ0n) is 17.3. The maximum absolute atomic E-state index is 13.5. The van der Waals surface area contributed by atoms with Crippen LogP contribution in [0.1, 0.15) is 44.1 Å². The van der Waals surface area contributed by atoms with Crippen LogP contribution < -0.4 is 0 Å². The lowest BCUT2D eigenvalue weighted by Crippen LogP contribution is -2.30. The van der Waals surface area contributed by atoms with Gasteiger partial charge < -0.3 is 13.7 Å². The van der Waals surface area contributed by atoms with Crippen molar-refractivity contribution >= 4 is 16.9 Å². The minimum Gasteiger partial charge on any atom is -0.467 e. The van der Waals surface area contributed by atoms with Gasteiger partial charge in [0, 0.05) is 17.5 Å². The quantitative estimate of drug-likeness (QED) is 0.415. The van der Waals surface area contributed by atoms with Gasteiger partial charge in [-0.05, 0) is 62.6 Å². The highest BCUT2D eigenvalue weighted by Crippen LogP contribution is 2.30. The van der Waals surface area contributed by atoms with Crippen LogP contribution in [0.5, 0.6) is 0 Å². The Labute approximate surface area is 170 Å². The van der Waals surface area contributed by atoms with Gasteiger partial charge in [0.05, 0.1) is 12.8 Å². The lowest BCUT2D eigenvalue weighted by atomic mass is 10.1. The number of furan rings is 2. The Morgan fingerprint density at radius 2 is 1.69 bits per heavy atom. The highest BCUT2D eigenvalue weighted by molar-refractivity contribution is 5.99. The maximum atomic E-state index is 13.5. The van der Waals surface area contributed by atoms with Crippen molar-refractivity contribution in [2.45, 2.75) is 40.8 Å². The molecular formula is C25H25NO3. The van der Waals surface area contributed by atoms with E-state index in [0.29, 0.717) is 18.8 Å². The second-order valence-electron chi connectivity index (χ2n) is 7.74. The minimum atomic E-state index is -0.132. The van der Waals surface area contributed by atoms with Gasteiger partial charge in [0.15, 0.2) is 5.76 Å². The van der Waals surface area contributed by atoms with Crippen molar-refractivity contribution in [3.63, 3.8) is 0 Å². The number of hydrogen-bond acceptors (Lipinski definition) is 3. The molecule has 0 saturated heterocycles. The van der Waals surface area contributed by atoms with Crippen LogP contribution in [0, 0.1) is 27.7 Å². The predicted molar refractivity (Wildman–Crippen MR) is 114 cm³/mol. The number of carbonyl (C=O) groups excluding carboxylic acids is 1. The topological polar surface area (TPSA) is 46.6 Å². The number of benzene rings is 2. The lowest BCUT2D eigenvalue weighted by Gasteiger charge is -2.21. The molecule has 0 fully saturated rings. The van der Waals surface area contributed by atoms with Crippen LogP contribution in [0.3, 0.4) is 0 Å². The van der Waals surface area contributed by atoms with E-state index in [2.05, 4.69) is 50.2 Å². The van der Waals surface area contributed by atoms with Gasteiger partial charge in [-0.1, -0.05) is 35.9 Å². The molecule has 4 heteroatoms. The monoisotopic (exact) mass is 387 g/mol. The second-order valence-corrected chi connectivity index (χ2v) is 7.74. The third kappa shape index (κ3) is 3.83. The summed E-state index contributed by atoms with van der Waals surface area (Å²) >= 11 is 0. The number of carbonyl (C=O) groups is 1. The van der Waals surface area contributed by atoms with Crippen LogP contribution in [0.4, 0.5) is 0 Å². The molecule has 4 nitrogen and oxygen atoms in total. The van der Waals surface area contributed by atoms with Gasteiger partial charge in [0.2, 0.25) is 0 Å². The van der Waals surface area contributed by atoms with E-state index in [0.717, 1.165) is 39.0 Å². The van der Waals surface area contributed by atoms with Crippen LogP contribution in [0.15, 0.2) is 63.6 Å². The Balaban J connectivity index is 1.72. The smallest absolute Gasteiger partial charge is 0.290 e. The number of nitrogens with zero attached hydrogens (tertiary/aromatic N) is 1. The fraction of sp³-hybridized carbons (Fsp3) is 0.240. The zero-order chi connectivity index (χ0) is 20.5. The molecule has 29 heavy (non-hydrogen) atoms. The maximum Gasteiger partial charge on any atom is 0.290 e. The Kier molecular flexibility index (Phi) is 5.01. The number of amides is 1. The molecular weight excluding hydrogens is 362 g/mol. The molecule has 4 aromatic rings. The van der Waals surface area contributed by atoms with Crippen molar-refractivity contribution in [3.05, 3.63) is 94.1 Å². The largest absolute Gasteiger partial charge is 0.467 e. The molecule has 0 bridgehead atoms. The van der Waals surface area contributed by atoms with E-state index in [4.69, 9.17) is 8.83 Å². The number of aryl methyl sites for hydroxylation is 4. The molecule has 0 spiro atoms. The minimum absolute atomic E-state index is 0.132. The number of hydrogen-bond donors (Lipinski definition) is 0. The fourth-order valence-corrected chi connectivity index (χ4v) is 3.72. The second kappa shape index (κ2) is 7.63. The molecule has 0 N–H and O–H groups in total. The van der Waals surface area contributed by atoms with Gasteiger partial charge in [0.1, 0.15) is 11.3 Å². The first kappa shape index (κ1) is 19.1. The van der Waals surface area contributed by atoms with Gasteiger partial charge in [0.25, 0.3) is 5.91 Å². The molecule has 0 aliphatic heterocycles. The fourth-order valence-electron chi connectivity index (χ4n) is 3.72. The normalized spacial score (nSPS) is 11.2. The summed E-state index contributed by atoms with van der Waals surface area (Å²) in [5.74, 6) is 1.01. The SMILES string of the molecule is Cc1ccc(CN(Cc2ccco2)C(=O)c2oc3c(C)cc(C)cc3c2C)cc1. The van der Waals surface area contributed by atoms with Crippen molar-refractivity contribution in [2.24, 2.45) is 0 Å². The molecule has 0 aliphatic carbocycles. The summed E-state index contributed by atoms with van der Waals surface area (Å²) in [6.45, 7) is 8.94. The first-order chi connectivity index (χ1) is 13.9. The predicted octanol–water partition coefficient (Wildman–Crippen LogP) is 6.10. The lowest BCUT2D eigenvalue weighted by molar-refractivity contribution is 0.0686. The van der Waals surface area contributed by atoms with E-state index in [1.807, 2.05) is 26.0 Å². The van der Waals surface area contributed by atoms with Gasteiger partial charge in [-0.15, -0.1) is 0 Å². The van der Waals surface area contributed by atoms with E-state index in [1.165, 1.54) is 5.56 Å². The van der Waals surface area contributed by atoms with Crippen LogP contribution in [-0.4, -0.2) is 10.8 Å². The molecule has 0 radical (unpaired) electrons. The summed E-state index contributed by atoms with van der Waals surface area (Å²) in [6.07, 6.45) is 1.63. The summed E-state index contributed by atoms with van der Waals surface area (Å²) < 4.78 is 11.6. The Morgan fingerprint density at radius 3 is 2.38 bits per heavy atom. The summed E-state index contributed by atoms with van der Waals surface area (Å²) in [7, 11) is 0. The number of rotatable bonds is 5.